The molecule has 17 heavy (non-hydrogen) atoms. The van der Waals surface area contributed by atoms with Gasteiger partial charge in [-0.1, -0.05) is 28.1 Å². The summed E-state index contributed by atoms with van der Waals surface area (Å²) in [4.78, 5) is 4.18. The Hall–Kier alpha value is -1.13. The van der Waals surface area contributed by atoms with Gasteiger partial charge in [-0.2, -0.15) is 0 Å². The molecule has 0 unspecified atom stereocenters. The molecule has 0 amide bonds. The van der Waals surface area contributed by atoms with Crippen molar-refractivity contribution in [3.8, 4) is 0 Å². The second-order valence-corrected chi connectivity index (χ2v) is 5.67. The molecule has 0 spiro atoms. The van der Waals surface area contributed by atoms with Gasteiger partial charge in [0.15, 0.2) is 0 Å². The van der Waals surface area contributed by atoms with Crippen molar-refractivity contribution in [1.29, 1.82) is 0 Å². The first-order chi connectivity index (χ1) is 7.97. The largest absolute Gasteiger partial charge is 0.328 e. The van der Waals surface area contributed by atoms with Gasteiger partial charge in [0.05, 0.1) is 17.6 Å². The average molecular weight is 294 g/mol. The van der Waals surface area contributed by atoms with E-state index in [0.29, 0.717) is 0 Å². The molecule has 2 N–H and O–H groups in total. The molecule has 3 nitrogen and oxygen atoms in total. The van der Waals surface area contributed by atoms with Crippen LogP contribution < -0.4 is 5.73 Å². The van der Waals surface area contributed by atoms with Gasteiger partial charge in [-0.05, 0) is 31.5 Å². The summed E-state index contributed by atoms with van der Waals surface area (Å²) in [5.74, 6) is 0. The van der Waals surface area contributed by atoms with Crippen molar-refractivity contribution in [2.75, 3.05) is 0 Å². The topological polar surface area (TPSA) is 43.8 Å². The number of hydrogen-bond donors (Lipinski definition) is 1. The van der Waals surface area contributed by atoms with E-state index >= 15 is 0 Å². The van der Waals surface area contributed by atoms with Crippen molar-refractivity contribution in [2.45, 2.75) is 25.9 Å². The summed E-state index contributed by atoms with van der Waals surface area (Å²) >= 11 is 3.47. The number of rotatable bonds is 3. The molecular formula is C13H16BrN3. The molecule has 2 aromatic rings. The summed E-state index contributed by atoms with van der Waals surface area (Å²) in [5.41, 5.74) is 8.01. The number of benzene rings is 1. The third-order valence-electron chi connectivity index (χ3n) is 2.61. The molecule has 0 aliphatic rings. The molecule has 0 aliphatic carbocycles. The minimum atomic E-state index is -0.373. The minimum Gasteiger partial charge on any atom is -0.328 e. The number of aromatic nitrogens is 2. The van der Waals surface area contributed by atoms with Crippen LogP contribution in [0.4, 0.5) is 0 Å². The van der Waals surface area contributed by atoms with Crippen LogP contribution in [-0.4, -0.2) is 9.55 Å². The summed E-state index contributed by atoms with van der Waals surface area (Å²) in [5, 5.41) is 0. The summed E-state index contributed by atoms with van der Waals surface area (Å²) in [7, 11) is 0. The van der Waals surface area contributed by atoms with Crippen LogP contribution in [0.1, 0.15) is 25.1 Å². The molecule has 1 heterocycles. The number of imidazole rings is 1. The Bertz CT molecular complexity index is 511. The summed E-state index contributed by atoms with van der Waals surface area (Å²) in [6, 6.07) is 8.25. The lowest BCUT2D eigenvalue weighted by Crippen LogP contribution is -2.31. The van der Waals surface area contributed by atoms with Crippen LogP contribution in [-0.2, 0) is 12.1 Å². The Morgan fingerprint density at radius 1 is 1.41 bits per heavy atom. The quantitative estimate of drug-likeness (QED) is 0.946. The van der Waals surface area contributed by atoms with E-state index in [2.05, 4.69) is 37.6 Å². The second-order valence-electron chi connectivity index (χ2n) is 4.76. The smallest absolute Gasteiger partial charge is 0.0951 e. The third kappa shape index (κ3) is 2.96. The van der Waals surface area contributed by atoms with Crippen molar-refractivity contribution in [1.82, 2.24) is 9.55 Å². The van der Waals surface area contributed by atoms with Crippen LogP contribution in [0.25, 0.3) is 0 Å². The van der Waals surface area contributed by atoms with Crippen LogP contribution in [0.15, 0.2) is 41.3 Å². The van der Waals surface area contributed by atoms with Gasteiger partial charge in [-0.3, -0.25) is 0 Å². The molecule has 4 heteroatoms. The van der Waals surface area contributed by atoms with Crippen molar-refractivity contribution in [3.63, 3.8) is 0 Å². The van der Waals surface area contributed by atoms with E-state index in [-0.39, 0.29) is 5.54 Å². The van der Waals surface area contributed by atoms with Crippen LogP contribution >= 0.6 is 15.9 Å². The van der Waals surface area contributed by atoms with Gasteiger partial charge in [0.1, 0.15) is 0 Å². The maximum atomic E-state index is 6.12. The predicted octanol–water partition coefficient (Wildman–Crippen LogP) is 2.89. The van der Waals surface area contributed by atoms with E-state index in [1.807, 2.05) is 38.5 Å². The predicted molar refractivity (Wildman–Crippen MR) is 72.7 cm³/mol. The second kappa shape index (κ2) is 4.63. The molecule has 2 rings (SSSR count). The van der Waals surface area contributed by atoms with Crippen LogP contribution in [0.2, 0.25) is 0 Å². The first-order valence-electron chi connectivity index (χ1n) is 5.51. The van der Waals surface area contributed by atoms with E-state index in [1.165, 1.54) is 5.56 Å². The highest BCUT2D eigenvalue weighted by Gasteiger charge is 2.18. The van der Waals surface area contributed by atoms with Crippen molar-refractivity contribution in [2.24, 2.45) is 5.73 Å². The summed E-state index contributed by atoms with van der Waals surface area (Å²) < 4.78 is 3.17. The van der Waals surface area contributed by atoms with Gasteiger partial charge < -0.3 is 10.3 Å². The molecule has 0 bridgehead atoms. The van der Waals surface area contributed by atoms with E-state index in [1.54, 1.807) is 0 Å². The summed E-state index contributed by atoms with van der Waals surface area (Å²) in [6.45, 7) is 4.76. The molecule has 1 aromatic carbocycles. The van der Waals surface area contributed by atoms with E-state index in [4.69, 9.17) is 5.73 Å². The van der Waals surface area contributed by atoms with Gasteiger partial charge in [0.2, 0.25) is 0 Å². The minimum absolute atomic E-state index is 0.373. The number of halogens is 1. The zero-order chi connectivity index (χ0) is 12.5. The SMILES string of the molecule is CC(C)(N)c1cncn1Cc1cccc(Br)c1. The standard InChI is InChI=1S/C13H16BrN3/c1-13(2,15)12-7-16-9-17(12)8-10-4-3-5-11(14)6-10/h3-7,9H,8,15H2,1-2H3. The van der Waals surface area contributed by atoms with Crippen LogP contribution in [0.3, 0.4) is 0 Å². The first-order valence-corrected chi connectivity index (χ1v) is 6.30. The maximum Gasteiger partial charge on any atom is 0.0951 e. The van der Waals surface area contributed by atoms with Gasteiger partial charge in [0, 0.05) is 17.2 Å². The zero-order valence-electron chi connectivity index (χ0n) is 10.0. The maximum absolute atomic E-state index is 6.12. The van der Waals surface area contributed by atoms with Crippen molar-refractivity contribution in [3.05, 3.63) is 52.5 Å². The molecule has 0 aliphatic heterocycles. The molecule has 0 atom stereocenters. The fourth-order valence-electron chi connectivity index (χ4n) is 1.82. The number of nitrogens with zero attached hydrogens (tertiary/aromatic N) is 2. The van der Waals surface area contributed by atoms with Gasteiger partial charge >= 0.3 is 0 Å². The van der Waals surface area contributed by atoms with Gasteiger partial charge in [0.25, 0.3) is 0 Å². The number of nitrogens with two attached hydrogens (primary N) is 1. The van der Waals surface area contributed by atoms with E-state index < -0.39 is 0 Å². The highest BCUT2D eigenvalue weighted by molar-refractivity contribution is 9.10. The van der Waals surface area contributed by atoms with E-state index in [9.17, 15) is 0 Å². The van der Waals surface area contributed by atoms with Crippen LogP contribution in [0.5, 0.6) is 0 Å². The van der Waals surface area contributed by atoms with Crippen molar-refractivity contribution >= 4 is 15.9 Å². The molecule has 0 saturated carbocycles. The zero-order valence-corrected chi connectivity index (χ0v) is 11.6. The monoisotopic (exact) mass is 293 g/mol. The normalized spacial score (nSPS) is 11.8. The molecule has 90 valence electrons. The first kappa shape index (κ1) is 12.3. The lowest BCUT2D eigenvalue weighted by Gasteiger charge is -2.20. The van der Waals surface area contributed by atoms with Gasteiger partial charge in [-0.25, -0.2) is 4.98 Å². The number of hydrogen-bond acceptors (Lipinski definition) is 2. The highest BCUT2D eigenvalue weighted by atomic mass is 79.9. The van der Waals surface area contributed by atoms with Crippen LogP contribution in [0, 0.1) is 0 Å². The van der Waals surface area contributed by atoms with E-state index in [0.717, 1.165) is 16.7 Å². The summed E-state index contributed by atoms with van der Waals surface area (Å²) in [6.07, 6.45) is 3.66. The Morgan fingerprint density at radius 2 is 2.18 bits per heavy atom. The third-order valence-corrected chi connectivity index (χ3v) is 3.11. The molecule has 0 fully saturated rings. The lowest BCUT2D eigenvalue weighted by molar-refractivity contribution is 0.503. The Morgan fingerprint density at radius 3 is 2.82 bits per heavy atom. The Balaban J connectivity index is 2.28. The highest BCUT2D eigenvalue weighted by Crippen LogP contribution is 2.18. The molecule has 1 aromatic heterocycles. The molecule has 0 saturated heterocycles. The van der Waals surface area contributed by atoms with Crippen molar-refractivity contribution < 1.29 is 0 Å². The van der Waals surface area contributed by atoms with Gasteiger partial charge in [-0.15, -0.1) is 0 Å². The lowest BCUT2D eigenvalue weighted by atomic mass is 10.0. The fourth-order valence-corrected chi connectivity index (χ4v) is 2.26. The Kier molecular flexibility index (Phi) is 3.35. The average Bonchev–Trinajstić information content (AvgIpc) is 2.65. The fraction of sp³-hybridized carbons (Fsp3) is 0.308. The Labute approximate surface area is 110 Å². The molecular weight excluding hydrogens is 278 g/mol. The molecule has 0 radical (unpaired) electrons.